The Balaban J connectivity index is 1.48. The molecule has 1 aliphatic rings. The molecule has 4 rings (SSSR count). The minimum Gasteiger partial charge on any atom is -0.457 e. The number of carbonyl (C=O) groups excluding carboxylic acids is 2. The molecule has 39 heavy (non-hydrogen) atoms. The fraction of sp³-hybridized carbons (Fsp3) is 0.333. The summed E-state index contributed by atoms with van der Waals surface area (Å²) in [5, 5.41) is 2.96. The molecule has 0 aromatic heterocycles. The fourth-order valence-electron chi connectivity index (χ4n) is 4.47. The van der Waals surface area contributed by atoms with E-state index in [0.717, 1.165) is 32.5 Å². The zero-order valence-electron chi connectivity index (χ0n) is 22.4. The van der Waals surface area contributed by atoms with Crippen LogP contribution < -0.4 is 20.5 Å². The molecule has 9 heteroatoms. The summed E-state index contributed by atoms with van der Waals surface area (Å²) in [4.78, 5) is 28.7. The van der Waals surface area contributed by atoms with Gasteiger partial charge in [0.05, 0.1) is 0 Å². The Kier molecular flexibility index (Phi) is 9.38. The number of ether oxygens (including phenoxy) is 2. The van der Waals surface area contributed by atoms with Crippen LogP contribution in [0.15, 0.2) is 66.7 Å². The summed E-state index contributed by atoms with van der Waals surface area (Å²) in [6, 6.07) is 16.9. The SMILES string of the molecule is CCC(CC)CN1CCN(C(=O)Nc2cc(Oc3ccc(F)cc3)cc(Oc3ccc(C(N)=O)cc3)c2)CC1. The lowest BCUT2D eigenvalue weighted by atomic mass is 10.0. The van der Waals surface area contributed by atoms with Gasteiger partial charge in [-0.15, -0.1) is 0 Å². The van der Waals surface area contributed by atoms with Crippen molar-refractivity contribution in [2.45, 2.75) is 26.7 Å². The van der Waals surface area contributed by atoms with Crippen molar-refractivity contribution in [1.82, 2.24) is 9.80 Å². The minimum absolute atomic E-state index is 0.201. The van der Waals surface area contributed by atoms with Crippen LogP contribution in [0, 0.1) is 11.7 Å². The molecule has 1 aliphatic heterocycles. The Morgan fingerprint density at radius 3 is 1.90 bits per heavy atom. The van der Waals surface area contributed by atoms with Gasteiger partial charge < -0.3 is 25.4 Å². The van der Waals surface area contributed by atoms with Gasteiger partial charge in [0.15, 0.2) is 0 Å². The summed E-state index contributed by atoms with van der Waals surface area (Å²) in [6.45, 7) is 8.48. The van der Waals surface area contributed by atoms with Gasteiger partial charge in [0.25, 0.3) is 0 Å². The molecule has 3 amide bonds. The molecule has 1 saturated heterocycles. The number of urea groups is 1. The number of hydrogen-bond donors (Lipinski definition) is 2. The van der Waals surface area contributed by atoms with Crippen LogP contribution in [0.3, 0.4) is 0 Å². The van der Waals surface area contributed by atoms with Crippen LogP contribution in [0.25, 0.3) is 0 Å². The maximum Gasteiger partial charge on any atom is 0.321 e. The number of rotatable bonds is 10. The Labute approximate surface area is 228 Å². The molecular weight excluding hydrogens is 499 g/mol. The summed E-state index contributed by atoms with van der Waals surface area (Å²) in [7, 11) is 0. The number of piperazine rings is 1. The first-order chi connectivity index (χ1) is 18.8. The number of amides is 3. The highest BCUT2D eigenvalue weighted by Gasteiger charge is 2.23. The Morgan fingerprint density at radius 1 is 0.846 bits per heavy atom. The maximum absolute atomic E-state index is 13.4. The standard InChI is InChI=1S/C30H35FN4O4/c1-3-21(4-2)20-34-13-15-35(16-14-34)30(37)33-24-17-27(38-25-9-5-22(6-10-25)29(32)36)19-28(18-24)39-26-11-7-23(31)8-12-26/h5-12,17-19,21H,3-4,13-16,20H2,1-2H3,(H2,32,36)(H,33,37). The second kappa shape index (κ2) is 13.1. The monoisotopic (exact) mass is 534 g/mol. The molecular formula is C30H35FN4O4. The van der Waals surface area contributed by atoms with E-state index >= 15 is 0 Å². The first-order valence-electron chi connectivity index (χ1n) is 13.3. The fourth-order valence-corrected chi connectivity index (χ4v) is 4.47. The lowest BCUT2D eigenvalue weighted by Crippen LogP contribution is -2.50. The zero-order valence-corrected chi connectivity index (χ0v) is 22.4. The van der Waals surface area contributed by atoms with Crippen molar-refractivity contribution in [3.8, 4) is 23.0 Å². The van der Waals surface area contributed by atoms with Gasteiger partial charge in [-0.2, -0.15) is 0 Å². The number of carbonyl (C=O) groups is 2. The number of nitrogens with zero attached hydrogens (tertiary/aromatic N) is 2. The zero-order chi connectivity index (χ0) is 27.8. The van der Waals surface area contributed by atoms with Crippen molar-refractivity contribution in [3.63, 3.8) is 0 Å². The van der Waals surface area contributed by atoms with Crippen molar-refractivity contribution in [3.05, 3.63) is 78.1 Å². The summed E-state index contributed by atoms with van der Waals surface area (Å²) in [6.07, 6.45) is 2.32. The van der Waals surface area contributed by atoms with Gasteiger partial charge in [-0.3, -0.25) is 9.69 Å². The molecule has 8 nitrogen and oxygen atoms in total. The number of hydrogen-bond acceptors (Lipinski definition) is 5. The number of halogens is 1. The third kappa shape index (κ3) is 7.94. The summed E-state index contributed by atoms with van der Waals surface area (Å²) < 4.78 is 25.3. The van der Waals surface area contributed by atoms with Crippen LogP contribution in [0.1, 0.15) is 37.0 Å². The molecule has 3 aromatic rings. The summed E-state index contributed by atoms with van der Waals surface area (Å²) in [5.74, 6) is 1.50. The van der Waals surface area contributed by atoms with E-state index in [-0.39, 0.29) is 11.8 Å². The van der Waals surface area contributed by atoms with Crippen LogP contribution in [-0.2, 0) is 0 Å². The predicted molar refractivity (Wildman–Crippen MR) is 149 cm³/mol. The van der Waals surface area contributed by atoms with Gasteiger partial charge in [0.2, 0.25) is 5.91 Å². The summed E-state index contributed by atoms with van der Waals surface area (Å²) in [5.41, 5.74) is 6.17. The van der Waals surface area contributed by atoms with Crippen LogP contribution in [-0.4, -0.2) is 54.5 Å². The van der Waals surface area contributed by atoms with Gasteiger partial charge in [0.1, 0.15) is 28.8 Å². The van der Waals surface area contributed by atoms with Gasteiger partial charge in [0, 0.05) is 62.2 Å². The largest absolute Gasteiger partial charge is 0.457 e. The molecule has 0 spiro atoms. The topological polar surface area (TPSA) is 97.1 Å². The lowest BCUT2D eigenvalue weighted by Gasteiger charge is -2.36. The molecule has 1 fully saturated rings. The van der Waals surface area contributed by atoms with E-state index in [4.69, 9.17) is 15.2 Å². The molecule has 0 saturated carbocycles. The van der Waals surface area contributed by atoms with E-state index in [0.29, 0.717) is 53.3 Å². The first kappa shape index (κ1) is 27.9. The first-order valence-corrected chi connectivity index (χ1v) is 13.3. The van der Waals surface area contributed by atoms with Crippen molar-refractivity contribution in [1.29, 1.82) is 0 Å². The highest BCUT2D eigenvalue weighted by Crippen LogP contribution is 2.33. The van der Waals surface area contributed by atoms with Gasteiger partial charge in [-0.05, 0) is 54.4 Å². The number of benzene rings is 3. The third-order valence-corrected chi connectivity index (χ3v) is 6.89. The Bertz CT molecular complexity index is 1250. The van der Waals surface area contributed by atoms with Crippen molar-refractivity contribution >= 4 is 17.6 Å². The minimum atomic E-state index is -0.530. The molecule has 0 unspecified atom stereocenters. The number of primary amides is 1. The quantitative estimate of drug-likeness (QED) is 0.328. The van der Waals surface area contributed by atoms with E-state index in [1.165, 1.54) is 24.3 Å². The molecule has 3 N–H and O–H groups in total. The highest BCUT2D eigenvalue weighted by molar-refractivity contribution is 5.93. The summed E-state index contributed by atoms with van der Waals surface area (Å²) >= 11 is 0. The number of nitrogens with one attached hydrogen (secondary N) is 1. The van der Waals surface area contributed by atoms with Crippen molar-refractivity contribution < 1.29 is 23.5 Å². The van der Waals surface area contributed by atoms with Crippen molar-refractivity contribution in [2.24, 2.45) is 11.7 Å². The predicted octanol–water partition coefficient (Wildman–Crippen LogP) is 6.09. The maximum atomic E-state index is 13.4. The smallest absolute Gasteiger partial charge is 0.321 e. The van der Waals surface area contributed by atoms with E-state index in [9.17, 15) is 14.0 Å². The highest BCUT2D eigenvalue weighted by atomic mass is 19.1. The number of anilines is 1. The average molecular weight is 535 g/mol. The van der Waals surface area contributed by atoms with E-state index in [2.05, 4.69) is 24.1 Å². The molecule has 206 valence electrons. The van der Waals surface area contributed by atoms with Crippen LogP contribution in [0.4, 0.5) is 14.9 Å². The normalized spacial score (nSPS) is 13.8. The molecule has 0 atom stereocenters. The van der Waals surface area contributed by atoms with Gasteiger partial charge >= 0.3 is 6.03 Å². The second-order valence-corrected chi connectivity index (χ2v) is 9.64. The Morgan fingerprint density at radius 2 is 1.38 bits per heavy atom. The average Bonchev–Trinajstić information content (AvgIpc) is 2.93. The molecule has 3 aromatic carbocycles. The van der Waals surface area contributed by atoms with Crippen LogP contribution in [0.5, 0.6) is 23.0 Å². The van der Waals surface area contributed by atoms with Crippen LogP contribution in [0.2, 0.25) is 0 Å². The van der Waals surface area contributed by atoms with E-state index < -0.39 is 5.91 Å². The van der Waals surface area contributed by atoms with Crippen molar-refractivity contribution in [2.75, 3.05) is 38.0 Å². The second-order valence-electron chi connectivity index (χ2n) is 9.64. The van der Waals surface area contributed by atoms with Gasteiger partial charge in [-0.1, -0.05) is 26.7 Å². The molecule has 0 radical (unpaired) electrons. The lowest BCUT2D eigenvalue weighted by molar-refractivity contribution is 0.1000. The number of nitrogens with two attached hydrogens (primary N) is 1. The Hall–Kier alpha value is -4.11. The molecule has 1 heterocycles. The molecule has 0 aliphatic carbocycles. The molecule has 0 bridgehead atoms. The third-order valence-electron chi connectivity index (χ3n) is 6.89. The van der Waals surface area contributed by atoms with E-state index in [1.54, 1.807) is 47.4 Å². The van der Waals surface area contributed by atoms with E-state index in [1.807, 2.05) is 0 Å². The van der Waals surface area contributed by atoms with Crippen LogP contribution >= 0.6 is 0 Å². The van der Waals surface area contributed by atoms with Gasteiger partial charge in [-0.25, -0.2) is 9.18 Å².